The summed E-state index contributed by atoms with van der Waals surface area (Å²) in [4.78, 5) is 13.3. The van der Waals surface area contributed by atoms with E-state index in [0.29, 0.717) is 11.8 Å². The van der Waals surface area contributed by atoms with E-state index in [1.807, 2.05) is 18.2 Å². The van der Waals surface area contributed by atoms with Gasteiger partial charge in [-0.05, 0) is 49.7 Å². The maximum atomic E-state index is 9.42. The average molecular weight is 335 g/mol. The summed E-state index contributed by atoms with van der Waals surface area (Å²) >= 11 is 0. The van der Waals surface area contributed by atoms with Gasteiger partial charge in [0.15, 0.2) is 0 Å². The van der Waals surface area contributed by atoms with E-state index in [1.165, 1.54) is 0 Å². The molecule has 0 saturated heterocycles. The Kier molecular flexibility index (Phi) is 5.09. The molecule has 0 bridgehead atoms. The van der Waals surface area contributed by atoms with E-state index in [9.17, 15) is 5.11 Å². The molecule has 3 N–H and O–H groups in total. The molecule has 25 heavy (non-hydrogen) atoms. The molecule has 3 aromatic rings. The Hall–Kier alpha value is -3.15. The zero-order valence-corrected chi connectivity index (χ0v) is 14.3. The number of nitrogens with one attached hydrogen (secondary N) is 2. The quantitative estimate of drug-likeness (QED) is 0.586. The number of pyridine rings is 1. The number of hydrogen-bond donors (Lipinski definition) is 3. The smallest absolute Gasteiger partial charge is 0.225 e. The minimum Gasteiger partial charge on any atom is -0.508 e. The van der Waals surface area contributed by atoms with Gasteiger partial charge in [-0.3, -0.25) is 4.98 Å². The molecule has 1 atom stereocenters. The number of hydrogen-bond acceptors (Lipinski definition) is 6. The van der Waals surface area contributed by atoms with Gasteiger partial charge in [-0.1, -0.05) is 6.92 Å². The third kappa shape index (κ3) is 4.44. The molecule has 6 nitrogen and oxygen atoms in total. The lowest BCUT2D eigenvalue weighted by atomic mass is 10.2. The Morgan fingerprint density at radius 3 is 2.60 bits per heavy atom. The van der Waals surface area contributed by atoms with Crippen LogP contribution in [-0.2, 0) is 0 Å². The first kappa shape index (κ1) is 16.7. The van der Waals surface area contributed by atoms with Gasteiger partial charge in [-0.15, -0.1) is 0 Å². The SMILES string of the molecule is CC[C@@H](C)Nc1nc(Nc2ccc(O)cc2)cc(-c2cccnc2)n1. The van der Waals surface area contributed by atoms with Crippen LogP contribution in [0.5, 0.6) is 5.75 Å². The molecule has 128 valence electrons. The van der Waals surface area contributed by atoms with Crippen LogP contribution >= 0.6 is 0 Å². The summed E-state index contributed by atoms with van der Waals surface area (Å²) in [5.41, 5.74) is 2.55. The number of aromatic nitrogens is 3. The highest BCUT2D eigenvalue weighted by molar-refractivity contribution is 5.67. The van der Waals surface area contributed by atoms with Crippen molar-refractivity contribution >= 4 is 17.5 Å². The lowest BCUT2D eigenvalue weighted by Crippen LogP contribution is -2.16. The fraction of sp³-hybridized carbons (Fsp3) is 0.211. The summed E-state index contributed by atoms with van der Waals surface area (Å²) in [7, 11) is 0. The number of rotatable bonds is 6. The predicted molar refractivity (Wildman–Crippen MR) is 100 cm³/mol. The van der Waals surface area contributed by atoms with Crippen LogP contribution in [0.2, 0.25) is 0 Å². The van der Waals surface area contributed by atoms with Crippen LogP contribution in [0, 0.1) is 0 Å². The molecule has 6 heteroatoms. The van der Waals surface area contributed by atoms with Crippen LogP contribution in [0.15, 0.2) is 54.9 Å². The minimum atomic E-state index is 0.225. The number of benzene rings is 1. The van der Waals surface area contributed by atoms with E-state index in [2.05, 4.69) is 39.4 Å². The van der Waals surface area contributed by atoms with Gasteiger partial charge in [0.25, 0.3) is 0 Å². The molecule has 0 amide bonds. The first-order valence-electron chi connectivity index (χ1n) is 8.26. The van der Waals surface area contributed by atoms with Gasteiger partial charge in [0, 0.05) is 35.8 Å². The van der Waals surface area contributed by atoms with Gasteiger partial charge in [0.05, 0.1) is 5.69 Å². The van der Waals surface area contributed by atoms with Crippen molar-refractivity contribution in [2.45, 2.75) is 26.3 Å². The zero-order chi connectivity index (χ0) is 17.6. The normalized spacial score (nSPS) is 11.8. The van der Waals surface area contributed by atoms with E-state index >= 15 is 0 Å². The second kappa shape index (κ2) is 7.61. The van der Waals surface area contributed by atoms with Gasteiger partial charge in [-0.2, -0.15) is 4.98 Å². The van der Waals surface area contributed by atoms with Crippen LogP contribution in [0.25, 0.3) is 11.3 Å². The third-order valence-electron chi connectivity index (χ3n) is 3.81. The van der Waals surface area contributed by atoms with Gasteiger partial charge in [0.2, 0.25) is 5.95 Å². The van der Waals surface area contributed by atoms with Gasteiger partial charge >= 0.3 is 0 Å². The van der Waals surface area contributed by atoms with Crippen LogP contribution in [0.3, 0.4) is 0 Å². The number of nitrogens with zero attached hydrogens (tertiary/aromatic N) is 3. The zero-order valence-electron chi connectivity index (χ0n) is 14.3. The molecule has 3 rings (SSSR count). The molecule has 0 aliphatic carbocycles. The van der Waals surface area contributed by atoms with Crippen molar-refractivity contribution in [3.8, 4) is 17.0 Å². The number of phenols is 1. The summed E-state index contributed by atoms with van der Waals surface area (Å²) in [6.45, 7) is 4.20. The molecule has 0 fully saturated rings. The average Bonchev–Trinajstić information content (AvgIpc) is 2.64. The van der Waals surface area contributed by atoms with Crippen LogP contribution in [0.4, 0.5) is 17.5 Å². The standard InChI is InChI=1S/C19H21N5O/c1-3-13(2)21-19-23-17(14-5-4-10-20-12-14)11-18(24-19)22-15-6-8-16(25)9-7-15/h4-13,25H,3H2,1-2H3,(H2,21,22,23,24)/t13-/m1/s1. The maximum Gasteiger partial charge on any atom is 0.225 e. The molecule has 1 aromatic carbocycles. The Morgan fingerprint density at radius 1 is 1.12 bits per heavy atom. The van der Waals surface area contributed by atoms with Crippen molar-refractivity contribution in [3.63, 3.8) is 0 Å². The summed E-state index contributed by atoms with van der Waals surface area (Å²) in [6, 6.07) is 12.8. The lowest BCUT2D eigenvalue weighted by molar-refractivity contribution is 0.475. The number of aromatic hydroxyl groups is 1. The molecular weight excluding hydrogens is 314 g/mol. The second-order valence-corrected chi connectivity index (χ2v) is 5.83. The molecule has 0 spiro atoms. The monoisotopic (exact) mass is 335 g/mol. The van der Waals surface area contributed by atoms with Crippen molar-refractivity contribution in [1.29, 1.82) is 0 Å². The highest BCUT2D eigenvalue weighted by Crippen LogP contribution is 2.24. The number of phenolic OH excluding ortho intramolecular Hbond substituents is 1. The topological polar surface area (TPSA) is 83.0 Å². The second-order valence-electron chi connectivity index (χ2n) is 5.83. The molecule has 0 aliphatic rings. The summed E-state index contributed by atoms with van der Waals surface area (Å²) in [5, 5.41) is 16.0. The minimum absolute atomic E-state index is 0.225. The van der Waals surface area contributed by atoms with E-state index in [-0.39, 0.29) is 11.8 Å². The van der Waals surface area contributed by atoms with Crippen molar-refractivity contribution in [2.24, 2.45) is 0 Å². The maximum absolute atomic E-state index is 9.42. The van der Waals surface area contributed by atoms with E-state index < -0.39 is 0 Å². The number of anilines is 3. The van der Waals surface area contributed by atoms with Crippen molar-refractivity contribution in [3.05, 3.63) is 54.9 Å². The third-order valence-corrected chi connectivity index (χ3v) is 3.81. The van der Waals surface area contributed by atoms with Crippen molar-refractivity contribution in [1.82, 2.24) is 15.0 Å². The Labute approximate surface area is 147 Å². The molecule has 0 aliphatic heterocycles. The van der Waals surface area contributed by atoms with Gasteiger partial charge in [-0.25, -0.2) is 4.98 Å². The molecule has 0 saturated carbocycles. The summed E-state index contributed by atoms with van der Waals surface area (Å²) < 4.78 is 0. The highest BCUT2D eigenvalue weighted by Gasteiger charge is 2.09. The highest BCUT2D eigenvalue weighted by atomic mass is 16.3. The fourth-order valence-corrected chi connectivity index (χ4v) is 2.25. The molecule has 0 unspecified atom stereocenters. The molecule has 0 radical (unpaired) electrons. The van der Waals surface area contributed by atoms with Crippen LogP contribution < -0.4 is 10.6 Å². The largest absolute Gasteiger partial charge is 0.508 e. The van der Waals surface area contributed by atoms with E-state index in [1.54, 1.807) is 36.7 Å². The fourth-order valence-electron chi connectivity index (χ4n) is 2.25. The Balaban J connectivity index is 1.95. The van der Waals surface area contributed by atoms with Crippen molar-refractivity contribution < 1.29 is 5.11 Å². The van der Waals surface area contributed by atoms with Crippen LogP contribution in [0.1, 0.15) is 20.3 Å². The predicted octanol–water partition coefficient (Wildman–Crippen LogP) is 4.20. The Bertz CT molecular complexity index is 821. The van der Waals surface area contributed by atoms with E-state index in [0.717, 1.165) is 23.4 Å². The summed E-state index contributed by atoms with van der Waals surface area (Å²) in [5.74, 6) is 1.46. The van der Waals surface area contributed by atoms with Gasteiger partial charge < -0.3 is 15.7 Å². The molecule has 2 aromatic heterocycles. The Morgan fingerprint density at radius 2 is 1.92 bits per heavy atom. The first-order chi connectivity index (χ1) is 12.1. The molecular formula is C19H21N5O. The van der Waals surface area contributed by atoms with E-state index in [4.69, 9.17) is 0 Å². The van der Waals surface area contributed by atoms with Crippen LogP contribution in [-0.4, -0.2) is 26.1 Å². The molecule has 2 heterocycles. The van der Waals surface area contributed by atoms with Gasteiger partial charge in [0.1, 0.15) is 11.6 Å². The van der Waals surface area contributed by atoms with Crippen molar-refractivity contribution in [2.75, 3.05) is 10.6 Å². The lowest BCUT2D eigenvalue weighted by Gasteiger charge is -2.14. The first-order valence-corrected chi connectivity index (χ1v) is 8.26. The summed E-state index contributed by atoms with van der Waals surface area (Å²) in [6.07, 6.45) is 4.49.